The van der Waals surface area contributed by atoms with E-state index in [0.29, 0.717) is 17.2 Å². The molecule has 0 bridgehead atoms. The van der Waals surface area contributed by atoms with Gasteiger partial charge in [-0.2, -0.15) is 0 Å². The molecule has 0 aromatic heterocycles. The Labute approximate surface area is 168 Å². The van der Waals surface area contributed by atoms with Crippen LogP contribution >= 0.6 is 11.6 Å². The standard InChI is InChI=1S/C21H22ClNO5/c1-14(24)19(12-16-6-4-3-5-7-16)23-20(25)13-27-21(26)15(2)28-18-10-8-17(22)9-11-18/h3-11,15,19H,12-13H2,1-2H3,(H,23,25)/t15-,19-/m0/s1. The van der Waals surface area contributed by atoms with Crippen LogP contribution in [0.2, 0.25) is 5.02 Å². The maximum atomic E-state index is 12.1. The van der Waals surface area contributed by atoms with Crippen molar-refractivity contribution in [2.45, 2.75) is 32.4 Å². The number of carbonyl (C=O) groups excluding carboxylic acids is 3. The maximum absolute atomic E-state index is 12.1. The van der Waals surface area contributed by atoms with Gasteiger partial charge in [-0.05, 0) is 50.1 Å². The van der Waals surface area contributed by atoms with Crippen molar-refractivity contribution in [2.75, 3.05) is 6.61 Å². The van der Waals surface area contributed by atoms with Crippen molar-refractivity contribution in [1.29, 1.82) is 0 Å². The highest BCUT2D eigenvalue weighted by Crippen LogP contribution is 2.17. The minimum atomic E-state index is -0.901. The molecular weight excluding hydrogens is 382 g/mol. The molecule has 2 aromatic rings. The first-order valence-electron chi connectivity index (χ1n) is 8.77. The van der Waals surface area contributed by atoms with Gasteiger partial charge in [0.15, 0.2) is 18.5 Å². The van der Waals surface area contributed by atoms with Gasteiger partial charge in [0, 0.05) is 5.02 Å². The lowest BCUT2D eigenvalue weighted by atomic mass is 10.0. The second kappa shape index (κ2) is 10.5. The fourth-order valence-electron chi connectivity index (χ4n) is 2.40. The molecule has 2 aromatic carbocycles. The van der Waals surface area contributed by atoms with Crippen molar-refractivity contribution >= 4 is 29.3 Å². The van der Waals surface area contributed by atoms with Gasteiger partial charge < -0.3 is 14.8 Å². The monoisotopic (exact) mass is 403 g/mol. The molecule has 148 valence electrons. The molecule has 7 heteroatoms. The van der Waals surface area contributed by atoms with Crippen molar-refractivity contribution in [3.05, 3.63) is 65.2 Å². The van der Waals surface area contributed by atoms with E-state index in [1.807, 2.05) is 30.3 Å². The normalized spacial score (nSPS) is 12.5. The molecule has 0 unspecified atom stereocenters. The topological polar surface area (TPSA) is 81.7 Å². The summed E-state index contributed by atoms with van der Waals surface area (Å²) < 4.78 is 10.4. The molecule has 0 spiro atoms. The Bertz CT molecular complexity index is 807. The molecule has 28 heavy (non-hydrogen) atoms. The summed E-state index contributed by atoms with van der Waals surface area (Å²) in [4.78, 5) is 35.9. The average Bonchev–Trinajstić information content (AvgIpc) is 2.68. The van der Waals surface area contributed by atoms with Gasteiger partial charge in [0.1, 0.15) is 5.75 Å². The fourth-order valence-corrected chi connectivity index (χ4v) is 2.53. The summed E-state index contributed by atoms with van der Waals surface area (Å²) in [5.74, 6) is -0.962. The van der Waals surface area contributed by atoms with E-state index in [0.717, 1.165) is 5.56 Å². The van der Waals surface area contributed by atoms with Gasteiger partial charge in [0.25, 0.3) is 5.91 Å². The van der Waals surface area contributed by atoms with Crippen LogP contribution in [0.25, 0.3) is 0 Å². The zero-order chi connectivity index (χ0) is 20.5. The summed E-state index contributed by atoms with van der Waals surface area (Å²) in [5, 5.41) is 3.14. The number of ether oxygens (including phenoxy) is 2. The van der Waals surface area contributed by atoms with Gasteiger partial charge in [0.05, 0.1) is 6.04 Å². The Balaban J connectivity index is 1.81. The lowest BCUT2D eigenvalue weighted by Gasteiger charge is -2.17. The largest absolute Gasteiger partial charge is 0.479 e. The maximum Gasteiger partial charge on any atom is 0.347 e. The predicted octanol–water partition coefficient (Wildman–Crippen LogP) is 2.97. The predicted molar refractivity (Wildman–Crippen MR) is 105 cm³/mol. The minimum Gasteiger partial charge on any atom is -0.479 e. The summed E-state index contributed by atoms with van der Waals surface area (Å²) in [7, 11) is 0. The zero-order valence-electron chi connectivity index (χ0n) is 15.7. The lowest BCUT2D eigenvalue weighted by Crippen LogP contribution is -2.43. The molecule has 0 aliphatic carbocycles. The van der Waals surface area contributed by atoms with Crippen molar-refractivity contribution < 1.29 is 23.9 Å². The van der Waals surface area contributed by atoms with Gasteiger partial charge in [0.2, 0.25) is 0 Å². The van der Waals surface area contributed by atoms with Gasteiger partial charge in [-0.1, -0.05) is 41.9 Å². The van der Waals surface area contributed by atoms with Gasteiger partial charge in [-0.25, -0.2) is 4.79 Å². The second-order valence-electron chi connectivity index (χ2n) is 6.24. The van der Waals surface area contributed by atoms with Crippen LogP contribution in [-0.4, -0.2) is 36.4 Å². The molecule has 0 saturated heterocycles. The number of Topliss-reactive ketones (excluding diaryl/α,β-unsaturated/α-hetero) is 1. The smallest absolute Gasteiger partial charge is 0.347 e. The summed E-state index contributed by atoms with van der Waals surface area (Å²) >= 11 is 5.79. The van der Waals surface area contributed by atoms with Crippen molar-refractivity contribution in [3.63, 3.8) is 0 Å². The van der Waals surface area contributed by atoms with Crippen LogP contribution in [0.3, 0.4) is 0 Å². The molecule has 2 rings (SSSR count). The summed E-state index contributed by atoms with van der Waals surface area (Å²) in [6, 6.07) is 15.2. The van der Waals surface area contributed by atoms with Crippen LogP contribution in [0.15, 0.2) is 54.6 Å². The number of benzene rings is 2. The Hall–Kier alpha value is -2.86. The Morgan fingerprint density at radius 2 is 1.68 bits per heavy atom. The van der Waals surface area contributed by atoms with Gasteiger partial charge in [-0.15, -0.1) is 0 Å². The van der Waals surface area contributed by atoms with Crippen LogP contribution in [0.1, 0.15) is 19.4 Å². The second-order valence-corrected chi connectivity index (χ2v) is 6.68. The molecule has 6 nitrogen and oxygen atoms in total. The first kappa shape index (κ1) is 21.4. The van der Waals surface area contributed by atoms with Crippen LogP contribution < -0.4 is 10.1 Å². The molecule has 2 atom stereocenters. The van der Waals surface area contributed by atoms with Gasteiger partial charge in [-0.3, -0.25) is 9.59 Å². The van der Waals surface area contributed by atoms with Crippen LogP contribution in [0.4, 0.5) is 0 Å². The van der Waals surface area contributed by atoms with E-state index < -0.39 is 30.6 Å². The highest BCUT2D eigenvalue weighted by Gasteiger charge is 2.21. The fraction of sp³-hybridized carbons (Fsp3) is 0.286. The highest BCUT2D eigenvalue weighted by molar-refractivity contribution is 6.30. The van der Waals surface area contributed by atoms with E-state index in [4.69, 9.17) is 21.1 Å². The summed E-state index contributed by atoms with van der Waals surface area (Å²) in [6.07, 6.45) is -0.534. The number of halogens is 1. The molecule has 0 heterocycles. The Morgan fingerprint density at radius 1 is 1.04 bits per heavy atom. The SMILES string of the molecule is CC(=O)[C@H](Cc1ccccc1)NC(=O)COC(=O)[C@H](C)Oc1ccc(Cl)cc1. The number of nitrogens with one attached hydrogen (secondary N) is 1. The van der Waals surface area contributed by atoms with Crippen molar-refractivity contribution in [1.82, 2.24) is 5.32 Å². The lowest BCUT2D eigenvalue weighted by molar-refractivity contribution is -0.155. The molecule has 0 saturated carbocycles. The van der Waals surface area contributed by atoms with Crippen molar-refractivity contribution in [3.8, 4) is 5.75 Å². The molecule has 0 aliphatic heterocycles. The quantitative estimate of drug-likeness (QED) is 0.651. The number of rotatable bonds is 9. The van der Waals surface area contributed by atoms with E-state index in [9.17, 15) is 14.4 Å². The average molecular weight is 404 g/mol. The molecule has 0 radical (unpaired) electrons. The molecule has 1 amide bonds. The number of amides is 1. The number of hydrogen-bond donors (Lipinski definition) is 1. The highest BCUT2D eigenvalue weighted by atomic mass is 35.5. The number of esters is 1. The van der Waals surface area contributed by atoms with E-state index in [-0.39, 0.29) is 5.78 Å². The third-order valence-electron chi connectivity index (χ3n) is 3.91. The third-order valence-corrected chi connectivity index (χ3v) is 4.16. The Kier molecular flexibility index (Phi) is 8.02. The first-order chi connectivity index (χ1) is 13.3. The van der Waals surface area contributed by atoms with Crippen molar-refractivity contribution in [2.24, 2.45) is 0 Å². The van der Waals surface area contributed by atoms with Crippen LogP contribution in [0, 0.1) is 0 Å². The summed E-state index contributed by atoms with van der Waals surface area (Å²) in [6.45, 7) is 2.43. The third kappa shape index (κ3) is 7.04. The Morgan fingerprint density at radius 3 is 2.29 bits per heavy atom. The number of ketones is 1. The van der Waals surface area contributed by atoms with E-state index >= 15 is 0 Å². The van der Waals surface area contributed by atoms with E-state index in [1.54, 1.807) is 24.3 Å². The first-order valence-corrected chi connectivity index (χ1v) is 9.15. The minimum absolute atomic E-state index is 0.178. The number of hydrogen-bond acceptors (Lipinski definition) is 5. The molecule has 1 N–H and O–H groups in total. The van der Waals surface area contributed by atoms with E-state index in [2.05, 4.69) is 5.32 Å². The molecular formula is C21H22ClNO5. The van der Waals surface area contributed by atoms with Crippen LogP contribution in [-0.2, 0) is 25.5 Å². The van der Waals surface area contributed by atoms with Crippen LogP contribution in [0.5, 0.6) is 5.75 Å². The zero-order valence-corrected chi connectivity index (χ0v) is 16.4. The molecule has 0 fully saturated rings. The van der Waals surface area contributed by atoms with Gasteiger partial charge >= 0.3 is 5.97 Å². The summed E-state index contributed by atoms with van der Waals surface area (Å²) in [5.41, 5.74) is 0.921. The van der Waals surface area contributed by atoms with E-state index in [1.165, 1.54) is 13.8 Å². The number of carbonyl (C=O) groups is 3. The molecule has 0 aliphatic rings.